The van der Waals surface area contributed by atoms with Gasteiger partial charge in [-0.3, -0.25) is 9.97 Å². The Morgan fingerprint density at radius 1 is 1.05 bits per heavy atom. The smallest absolute Gasteiger partial charge is 0.337 e. The second kappa shape index (κ2) is 7.12. The summed E-state index contributed by atoms with van der Waals surface area (Å²) in [7, 11) is 0. The fraction of sp³-hybridized carbons (Fsp3) is 0.0833. The van der Waals surface area contributed by atoms with Gasteiger partial charge in [0.15, 0.2) is 0 Å². The lowest BCUT2D eigenvalue weighted by Crippen LogP contribution is -1.97. The molecule has 0 aliphatic heterocycles. The minimum atomic E-state index is -1.17. The number of pyridine rings is 2. The third-order valence-electron chi connectivity index (χ3n) is 1.90. The van der Waals surface area contributed by atoms with Crippen molar-refractivity contribution in [1.82, 2.24) is 9.97 Å². The Kier molecular flexibility index (Phi) is 5.49. The van der Waals surface area contributed by atoms with Crippen LogP contribution < -0.4 is 0 Å². The number of carbonyl (C=O) groups is 1. The van der Waals surface area contributed by atoms with E-state index < -0.39 is 17.6 Å². The van der Waals surface area contributed by atoms with Gasteiger partial charge in [0, 0.05) is 12.4 Å². The Labute approximate surface area is 107 Å². The zero-order valence-corrected chi connectivity index (χ0v) is 9.62. The van der Waals surface area contributed by atoms with E-state index in [1.54, 1.807) is 0 Å². The summed E-state index contributed by atoms with van der Waals surface area (Å²) in [5.74, 6) is -2.23. The highest BCUT2D eigenvalue weighted by atomic mass is 19.1. The van der Waals surface area contributed by atoms with E-state index in [2.05, 4.69) is 9.97 Å². The van der Waals surface area contributed by atoms with Gasteiger partial charge in [-0.15, -0.1) is 0 Å². The van der Waals surface area contributed by atoms with Crippen LogP contribution in [0.3, 0.4) is 0 Å². The van der Waals surface area contributed by atoms with Gasteiger partial charge in [0.1, 0.15) is 11.6 Å². The van der Waals surface area contributed by atoms with Crippen LogP contribution in [-0.2, 0) is 6.61 Å². The van der Waals surface area contributed by atoms with Crippen LogP contribution in [0.15, 0.2) is 36.9 Å². The topological polar surface area (TPSA) is 83.3 Å². The first-order chi connectivity index (χ1) is 9.02. The molecule has 0 saturated heterocycles. The third-order valence-corrected chi connectivity index (χ3v) is 1.90. The predicted molar refractivity (Wildman–Crippen MR) is 61.3 cm³/mol. The number of aliphatic hydroxyl groups is 1. The van der Waals surface area contributed by atoms with Crippen molar-refractivity contribution in [1.29, 1.82) is 0 Å². The van der Waals surface area contributed by atoms with E-state index in [1.165, 1.54) is 12.3 Å². The number of hydrogen-bond donors (Lipinski definition) is 2. The van der Waals surface area contributed by atoms with Gasteiger partial charge in [-0.05, 0) is 17.7 Å². The number of aromatic carboxylic acids is 1. The number of aliphatic hydroxyl groups excluding tert-OH is 1. The molecule has 0 radical (unpaired) electrons. The van der Waals surface area contributed by atoms with Crippen LogP contribution in [0, 0.1) is 11.6 Å². The summed E-state index contributed by atoms with van der Waals surface area (Å²) >= 11 is 0. The molecule has 2 rings (SSSR count). The highest BCUT2D eigenvalue weighted by molar-refractivity contribution is 5.87. The van der Waals surface area contributed by atoms with Gasteiger partial charge in [-0.2, -0.15) is 0 Å². The molecule has 2 heterocycles. The van der Waals surface area contributed by atoms with Crippen molar-refractivity contribution in [2.24, 2.45) is 0 Å². The number of rotatable bonds is 2. The summed E-state index contributed by atoms with van der Waals surface area (Å²) < 4.78 is 24.4. The van der Waals surface area contributed by atoms with Gasteiger partial charge in [-0.25, -0.2) is 13.6 Å². The lowest BCUT2D eigenvalue weighted by molar-refractivity contribution is 0.0696. The number of carboxylic acids is 1. The quantitative estimate of drug-likeness (QED) is 0.865. The molecule has 5 nitrogen and oxygen atoms in total. The molecule has 0 aliphatic rings. The Morgan fingerprint density at radius 3 is 2.00 bits per heavy atom. The van der Waals surface area contributed by atoms with Crippen LogP contribution in [0.4, 0.5) is 8.78 Å². The van der Waals surface area contributed by atoms with E-state index >= 15 is 0 Å². The fourth-order valence-corrected chi connectivity index (χ4v) is 1.07. The van der Waals surface area contributed by atoms with Crippen molar-refractivity contribution < 1.29 is 23.8 Å². The average molecular weight is 268 g/mol. The predicted octanol–water partition coefficient (Wildman–Crippen LogP) is 1.63. The molecule has 0 bridgehead atoms. The molecule has 0 amide bonds. The lowest BCUT2D eigenvalue weighted by Gasteiger charge is -1.91. The Hall–Kier alpha value is -2.41. The van der Waals surface area contributed by atoms with Crippen LogP contribution in [-0.4, -0.2) is 26.2 Å². The minimum Gasteiger partial charge on any atom is -0.478 e. The second-order valence-electron chi connectivity index (χ2n) is 3.37. The Bertz CT molecular complexity index is 564. The van der Waals surface area contributed by atoms with E-state index in [0.717, 1.165) is 24.7 Å². The maximum absolute atomic E-state index is 12.2. The normalized spacial score (nSPS) is 9.42. The monoisotopic (exact) mass is 268 g/mol. The second-order valence-corrected chi connectivity index (χ2v) is 3.37. The van der Waals surface area contributed by atoms with Crippen molar-refractivity contribution >= 4 is 5.97 Å². The standard InChI is InChI=1S/C6H4FNO2.C6H6FNO/c7-5-1-4(6(9)10)2-8-3-5;7-6-1-5(4-9)2-8-3-6/h1-3H,(H,9,10);1-3,9H,4H2. The maximum atomic E-state index is 12.2. The van der Waals surface area contributed by atoms with Crippen molar-refractivity contribution in [2.45, 2.75) is 6.61 Å². The molecule has 2 aromatic rings. The summed E-state index contributed by atoms with van der Waals surface area (Å²) in [5.41, 5.74) is 0.356. The number of hydrogen-bond acceptors (Lipinski definition) is 4. The first-order valence-electron chi connectivity index (χ1n) is 5.07. The molecule has 2 aromatic heterocycles. The van der Waals surface area contributed by atoms with Crippen LogP contribution in [0.5, 0.6) is 0 Å². The van der Waals surface area contributed by atoms with Crippen LogP contribution in [0.1, 0.15) is 15.9 Å². The molecule has 0 aliphatic carbocycles. The van der Waals surface area contributed by atoms with Crippen LogP contribution in [0.2, 0.25) is 0 Å². The van der Waals surface area contributed by atoms with E-state index in [9.17, 15) is 13.6 Å². The number of halogens is 2. The first-order valence-corrected chi connectivity index (χ1v) is 5.07. The summed E-state index contributed by atoms with van der Waals surface area (Å²) in [6.45, 7) is -0.162. The number of aromatic nitrogens is 2. The van der Waals surface area contributed by atoms with Gasteiger partial charge >= 0.3 is 5.97 Å². The molecule has 19 heavy (non-hydrogen) atoms. The Balaban J connectivity index is 0.000000191. The summed E-state index contributed by atoms with van der Waals surface area (Å²) in [4.78, 5) is 17.0. The molecular weight excluding hydrogens is 258 g/mol. The molecule has 7 heteroatoms. The van der Waals surface area contributed by atoms with E-state index in [1.807, 2.05) is 0 Å². The van der Waals surface area contributed by atoms with Gasteiger partial charge in [0.05, 0.1) is 24.6 Å². The maximum Gasteiger partial charge on any atom is 0.337 e. The molecule has 100 valence electrons. The molecular formula is C12H10F2N2O3. The molecule has 0 fully saturated rings. The summed E-state index contributed by atoms with van der Waals surface area (Å²) in [6, 6.07) is 2.16. The van der Waals surface area contributed by atoms with Crippen LogP contribution in [0.25, 0.3) is 0 Å². The van der Waals surface area contributed by atoms with Crippen molar-refractivity contribution in [3.05, 3.63) is 59.7 Å². The average Bonchev–Trinajstić information content (AvgIpc) is 2.39. The van der Waals surface area contributed by atoms with E-state index in [0.29, 0.717) is 5.56 Å². The van der Waals surface area contributed by atoms with Crippen LogP contribution >= 0.6 is 0 Å². The fourth-order valence-electron chi connectivity index (χ4n) is 1.07. The molecule has 0 saturated carbocycles. The van der Waals surface area contributed by atoms with E-state index in [4.69, 9.17) is 10.2 Å². The lowest BCUT2D eigenvalue weighted by atomic mass is 10.3. The zero-order valence-electron chi connectivity index (χ0n) is 9.62. The van der Waals surface area contributed by atoms with Gasteiger partial charge < -0.3 is 10.2 Å². The van der Waals surface area contributed by atoms with E-state index in [-0.39, 0.29) is 12.2 Å². The SMILES string of the molecule is O=C(O)c1cncc(F)c1.OCc1cncc(F)c1. The molecule has 2 N–H and O–H groups in total. The largest absolute Gasteiger partial charge is 0.478 e. The van der Waals surface area contributed by atoms with Crippen molar-refractivity contribution in [3.63, 3.8) is 0 Å². The summed E-state index contributed by atoms with van der Waals surface area (Å²) in [5, 5.41) is 16.8. The first kappa shape index (κ1) is 14.7. The minimum absolute atomic E-state index is 0.139. The molecule has 0 unspecified atom stereocenters. The Morgan fingerprint density at radius 2 is 1.63 bits per heavy atom. The molecule has 0 atom stereocenters. The number of carboxylic acid groups (broad SMARTS) is 1. The van der Waals surface area contributed by atoms with Gasteiger partial charge in [0.25, 0.3) is 0 Å². The van der Waals surface area contributed by atoms with Gasteiger partial charge in [0.2, 0.25) is 0 Å². The molecule has 0 aromatic carbocycles. The van der Waals surface area contributed by atoms with Gasteiger partial charge in [-0.1, -0.05) is 0 Å². The summed E-state index contributed by atoms with van der Waals surface area (Å²) in [6.07, 6.45) is 4.56. The zero-order chi connectivity index (χ0) is 14.3. The third kappa shape index (κ3) is 5.17. The molecule has 0 spiro atoms. The highest BCUT2D eigenvalue weighted by Gasteiger charge is 2.02. The van der Waals surface area contributed by atoms with Crippen molar-refractivity contribution in [3.8, 4) is 0 Å². The van der Waals surface area contributed by atoms with Crippen molar-refractivity contribution in [2.75, 3.05) is 0 Å². The highest BCUT2D eigenvalue weighted by Crippen LogP contribution is 1.99. The number of nitrogens with zero attached hydrogens (tertiary/aromatic N) is 2.